The van der Waals surface area contributed by atoms with Crippen molar-refractivity contribution in [1.29, 1.82) is 0 Å². The van der Waals surface area contributed by atoms with Crippen molar-refractivity contribution in [1.82, 2.24) is 5.32 Å². The third kappa shape index (κ3) is 6.14. The molecular weight excluding hydrogens is 328 g/mol. The van der Waals surface area contributed by atoms with Crippen LogP contribution in [0, 0.1) is 0 Å². The van der Waals surface area contributed by atoms with Crippen molar-refractivity contribution in [2.45, 2.75) is 12.5 Å². The molecule has 3 N–H and O–H groups in total. The van der Waals surface area contributed by atoms with Crippen LogP contribution < -0.4 is 10.6 Å². The Bertz CT molecular complexity index is 450. The maximum Gasteiger partial charge on any atom is 0.321 e. The van der Waals surface area contributed by atoms with Crippen LogP contribution in [-0.2, 0) is 14.3 Å². The zero-order chi connectivity index (χ0) is 15.0. The first-order chi connectivity index (χ1) is 9.52. The summed E-state index contributed by atoms with van der Waals surface area (Å²) in [7, 11) is 1.53. The molecule has 110 valence electrons. The predicted molar refractivity (Wildman–Crippen MR) is 78.7 cm³/mol. The quantitative estimate of drug-likeness (QED) is 0.621. The number of carboxylic acids is 1. The van der Waals surface area contributed by atoms with Gasteiger partial charge >= 0.3 is 5.97 Å². The van der Waals surface area contributed by atoms with Crippen molar-refractivity contribution in [2.75, 3.05) is 25.6 Å². The highest BCUT2D eigenvalue weighted by molar-refractivity contribution is 9.10. The monoisotopic (exact) mass is 344 g/mol. The summed E-state index contributed by atoms with van der Waals surface area (Å²) in [5.41, 5.74) is 0.624. The van der Waals surface area contributed by atoms with Crippen LogP contribution in [0.2, 0.25) is 0 Å². The summed E-state index contributed by atoms with van der Waals surface area (Å²) in [5, 5.41) is 14.4. The molecule has 0 saturated heterocycles. The lowest BCUT2D eigenvalue weighted by Crippen LogP contribution is -2.41. The van der Waals surface area contributed by atoms with Gasteiger partial charge in [0.1, 0.15) is 6.04 Å². The van der Waals surface area contributed by atoms with Crippen molar-refractivity contribution in [2.24, 2.45) is 0 Å². The molecule has 1 aromatic carbocycles. The zero-order valence-corrected chi connectivity index (χ0v) is 12.6. The van der Waals surface area contributed by atoms with Crippen LogP contribution in [0.4, 0.5) is 5.69 Å². The van der Waals surface area contributed by atoms with Crippen LogP contribution >= 0.6 is 15.9 Å². The molecule has 0 fully saturated rings. The van der Waals surface area contributed by atoms with E-state index in [-0.39, 0.29) is 12.3 Å². The number of carboxylic acid groups (broad SMARTS) is 1. The van der Waals surface area contributed by atoms with Crippen molar-refractivity contribution in [3.05, 3.63) is 28.7 Å². The summed E-state index contributed by atoms with van der Waals surface area (Å²) in [6, 6.07) is 6.12. The number of ether oxygens (including phenoxy) is 1. The molecule has 0 bridgehead atoms. The van der Waals surface area contributed by atoms with E-state index in [0.717, 1.165) is 4.47 Å². The molecule has 0 spiro atoms. The molecule has 0 aromatic heterocycles. The van der Waals surface area contributed by atoms with Crippen molar-refractivity contribution >= 4 is 33.5 Å². The van der Waals surface area contributed by atoms with E-state index in [1.54, 1.807) is 24.3 Å². The van der Waals surface area contributed by atoms with Gasteiger partial charge in [-0.15, -0.1) is 0 Å². The molecule has 20 heavy (non-hydrogen) atoms. The summed E-state index contributed by atoms with van der Waals surface area (Å²) in [6.07, 6.45) is -0.144. The number of carbonyl (C=O) groups excluding carboxylic acids is 1. The molecule has 6 nitrogen and oxygen atoms in total. The molecule has 0 aliphatic heterocycles. The van der Waals surface area contributed by atoms with Gasteiger partial charge in [0.15, 0.2) is 0 Å². The number of hydrogen-bond acceptors (Lipinski definition) is 4. The highest BCUT2D eigenvalue weighted by Crippen LogP contribution is 2.14. The minimum atomic E-state index is -1.06. The molecule has 0 aliphatic rings. The fourth-order valence-electron chi connectivity index (χ4n) is 1.51. The van der Waals surface area contributed by atoms with E-state index in [4.69, 9.17) is 9.84 Å². The van der Waals surface area contributed by atoms with Gasteiger partial charge in [-0.05, 0) is 24.3 Å². The second kappa shape index (κ2) is 8.68. The zero-order valence-electron chi connectivity index (χ0n) is 11.1. The van der Waals surface area contributed by atoms with E-state index < -0.39 is 12.0 Å². The highest BCUT2D eigenvalue weighted by Gasteiger charge is 2.20. The van der Waals surface area contributed by atoms with Gasteiger partial charge in [-0.3, -0.25) is 9.59 Å². The van der Waals surface area contributed by atoms with Crippen molar-refractivity contribution < 1.29 is 19.4 Å². The normalized spacial score (nSPS) is 11.9. The third-order valence-corrected chi connectivity index (χ3v) is 3.04. The number of anilines is 1. The molecule has 0 saturated carbocycles. The van der Waals surface area contributed by atoms with Crippen LogP contribution in [0.5, 0.6) is 0 Å². The largest absolute Gasteiger partial charge is 0.480 e. The summed E-state index contributed by atoms with van der Waals surface area (Å²) in [4.78, 5) is 22.8. The lowest BCUT2D eigenvalue weighted by molar-refractivity contribution is -0.141. The molecule has 0 aliphatic carbocycles. The number of aliphatic carboxylic acids is 1. The SMILES string of the molecule is COCCN[C@H](CC(=O)Nc1ccc(Br)cc1)C(=O)O. The molecule has 0 unspecified atom stereocenters. The Kier molecular flexibility index (Phi) is 7.21. The van der Waals surface area contributed by atoms with E-state index in [2.05, 4.69) is 26.6 Å². The van der Waals surface area contributed by atoms with Gasteiger partial charge in [-0.1, -0.05) is 15.9 Å². The second-order valence-corrected chi connectivity index (χ2v) is 5.01. The van der Waals surface area contributed by atoms with Crippen LogP contribution in [0.15, 0.2) is 28.7 Å². The fraction of sp³-hybridized carbons (Fsp3) is 0.385. The average molecular weight is 345 g/mol. The first kappa shape index (κ1) is 16.6. The van der Waals surface area contributed by atoms with Crippen molar-refractivity contribution in [3.8, 4) is 0 Å². The minimum absolute atomic E-state index is 0.144. The third-order valence-electron chi connectivity index (χ3n) is 2.51. The number of rotatable bonds is 8. The van der Waals surface area contributed by atoms with Gasteiger partial charge in [0.2, 0.25) is 5.91 Å². The molecule has 1 rings (SSSR count). The average Bonchev–Trinajstić information content (AvgIpc) is 2.40. The summed E-state index contributed by atoms with van der Waals surface area (Å²) < 4.78 is 5.73. The Morgan fingerprint density at radius 3 is 2.55 bits per heavy atom. The summed E-state index contributed by atoms with van der Waals surface area (Å²) in [5.74, 6) is -1.42. The standard InChI is InChI=1S/C13H17BrN2O4/c1-20-7-6-15-11(13(18)19)8-12(17)16-10-4-2-9(14)3-5-10/h2-5,11,15H,6-8H2,1H3,(H,16,17)(H,18,19)/t11-/m1/s1. The molecule has 0 radical (unpaired) electrons. The van der Waals surface area contributed by atoms with E-state index >= 15 is 0 Å². The lowest BCUT2D eigenvalue weighted by atomic mass is 10.2. The summed E-state index contributed by atoms with van der Waals surface area (Å²) >= 11 is 3.29. The lowest BCUT2D eigenvalue weighted by Gasteiger charge is -2.14. The van der Waals surface area contributed by atoms with Gasteiger partial charge in [0.05, 0.1) is 13.0 Å². The second-order valence-electron chi connectivity index (χ2n) is 4.10. The molecule has 7 heteroatoms. The minimum Gasteiger partial charge on any atom is -0.480 e. The number of carbonyl (C=O) groups is 2. The smallest absolute Gasteiger partial charge is 0.321 e. The Morgan fingerprint density at radius 1 is 1.35 bits per heavy atom. The molecule has 1 aromatic rings. The van der Waals surface area contributed by atoms with Crippen LogP contribution in [0.25, 0.3) is 0 Å². The Labute approximate surface area is 125 Å². The van der Waals surface area contributed by atoms with Crippen LogP contribution in [0.3, 0.4) is 0 Å². The molecule has 0 heterocycles. The van der Waals surface area contributed by atoms with E-state index in [1.165, 1.54) is 7.11 Å². The van der Waals surface area contributed by atoms with Gasteiger partial charge in [-0.25, -0.2) is 0 Å². The number of hydrogen-bond donors (Lipinski definition) is 3. The van der Waals surface area contributed by atoms with Crippen molar-refractivity contribution in [3.63, 3.8) is 0 Å². The maximum atomic E-state index is 11.8. The van der Waals surface area contributed by atoms with E-state index in [0.29, 0.717) is 18.8 Å². The van der Waals surface area contributed by atoms with Gasteiger partial charge in [-0.2, -0.15) is 0 Å². The number of benzene rings is 1. The first-order valence-electron chi connectivity index (χ1n) is 6.03. The topological polar surface area (TPSA) is 87.7 Å². The van der Waals surface area contributed by atoms with Gasteiger partial charge < -0.3 is 20.5 Å². The van der Waals surface area contributed by atoms with Crippen LogP contribution in [0.1, 0.15) is 6.42 Å². The highest BCUT2D eigenvalue weighted by atomic mass is 79.9. The maximum absolute atomic E-state index is 11.8. The van der Waals surface area contributed by atoms with E-state index in [9.17, 15) is 9.59 Å². The fourth-order valence-corrected chi connectivity index (χ4v) is 1.78. The molecular formula is C13H17BrN2O4. The Hall–Kier alpha value is -1.44. The Balaban J connectivity index is 2.48. The van der Waals surface area contributed by atoms with E-state index in [1.807, 2.05) is 0 Å². The van der Waals surface area contributed by atoms with Crippen LogP contribution in [-0.4, -0.2) is 43.3 Å². The Morgan fingerprint density at radius 2 is 2.00 bits per heavy atom. The predicted octanol–water partition coefficient (Wildman–Crippen LogP) is 1.47. The molecule has 1 atom stereocenters. The number of methoxy groups -OCH3 is 1. The number of amides is 1. The van der Waals surface area contributed by atoms with Gasteiger partial charge in [0.25, 0.3) is 0 Å². The first-order valence-corrected chi connectivity index (χ1v) is 6.82. The summed E-state index contributed by atoms with van der Waals surface area (Å²) in [6.45, 7) is 0.761. The van der Waals surface area contributed by atoms with Gasteiger partial charge in [0, 0.05) is 23.8 Å². The number of halogens is 1. The number of nitrogens with one attached hydrogen (secondary N) is 2. The molecule has 1 amide bonds.